The van der Waals surface area contributed by atoms with E-state index in [-0.39, 0.29) is 17.5 Å². The van der Waals surface area contributed by atoms with E-state index in [0.29, 0.717) is 18.8 Å². The number of nitrogens with zero attached hydrogens (tertiary/aromatic N) is 4. The summed E-state index contributed by atoms with van der Waals surface area (Å²) in [6.45, 7) is 2.86. The zero-order valence-electron chi connectivity index (χ0n) is 16.1. The number of carbonyl (C=O) groups is 1. The molecular weight excluding hydrogens is 358 g/mol. The normalized spacial score (nSPS) is 19.9. The first-order valence-electron chi connectivity index (χ1n) is 10.2. The van der Waals surface area contributed by atoms with Gasteiger partial charge in [0.25, 0.3) is 11.5 Å². The maximum Gasteiger partial charge on any atom is 0.273 e. The molecule has 0 bridgehead atoms. The lowest BCUT2D eigenvalue weighted by atomic mass is 9.96. The number of nitrogens with one attached hydrogen (secondary N) is 1. The van der Waals surface area contributed by atoms with Crippen molar-refractivity contribution in [3.05, 3.63) is 45.7 Å². The molecule has 8 heteroatoms. The molecule has 1 aliphatic carbocycles. The first-order valence-corrected chi connectivity index (χ1v) is 10.2. The highest BCUT2D eigenvalue weighted by atomic mass is 16.5. The molecule has 1 aliphatic heterocycles. The van der Waals surface area contributed by atoms with Gasteiger partial charge < -0.3 is 9.84 Å². The van der Waals surface area contributed by atoms with E-state index in [0.717, 1.165) is 69.4 Å². The molecule has 2 aromatic rings. The number of carbonyl (C=O) groups excluding carboxylic acids is 1. The second-order valence-electron chi connectivity index (χ2n) is 7.62. The molecule has 0 saturated carbocycles. The van der Waals surface area contributed by atoms with Crippen LogP contribution in [0.5, 0.6) is 0 Å². The molecule has 2 aromatic heterocycles. The topological polar surface area (TPSA) is 93.3 Å². The Bertz CT molecular complexity index is 875. The van der Waals surface area contributed by atoms with E-state index < -0.39 is 0 Å². The van der Waals surface area contributed by atoms with E-state index in [2.05, 4.69) is 20.5 Å². The summed E-state index contributed by atoms with van der Waals surface area (Å²) in [4.78, 5) is 26.8. The number of hydrogen-bond acceptors (Lipinski definition) is 6. The fourth-order valence-electron chi connectivity index (χ4n) is 4.22. The zero-order valence-corrected chi connectivity index (χ0v) is 16.1. The second-order valence-corrected chi connectivity index (χ2v) is 7.62. The van der Waals surface area contributed by atoms with E-state index in [1.807, 2.05) is 0 Å². The van der Waals surface area contributed by atoms with Crippen LogP contribution in [0.4, 0.5) is 0 Å². The molecule has 1 N–H and O–H groups in total. The molecule has 2 aliphatic rings. The van der Waals surface area contributed by atoms with Gasteiger partial charge in [0.2, 0.25) is 0 Å². The number of hydrogen-bond donors (Lipinski definition) is 1. The molecule has 28 heavy (non-hydrogen) atoms. The molecule has 8 nitrogen and oxygen atoms in total. The lowest BCUT2D eigenvalue weighted by Gasteiger charge is -2.35. The number of likely N-dealkylation sites (tertiary alicyclic amines) is 1. The molecule has 1 saturated heterocycles. The van der Waals surface area contributed by atoms with Crippen LogP contribution in [0.2, 0.25) is 0 Å². The third kappa shape index (κ3) is 4.16. The maximum atomic E-state index is 12.6. The Labute approximate surface area is 163 Å². The van der Waals surface area contributed by atoms with Crippen LogP contribution in [0.15, 0.2) is 27.6 Å². The van der Waals surface area contributed by atoms with Gasteiger partial charge in [-0.2, -0.15) is 5.10 Å². The smallest absolute Gasteiger partial charge is 0.273 e. The van der Waals surface area contributed by atoms with E-state index in [1.165, 1.54) is 10.7 Å². The fourth-order valence-corrected chi connectivity index (χ4v) is 4.22. The number of fused-ring (bicyclic) bond motifs is 1. The minimum atomic E-state index is -0.140. The molecule has 1 amide bonds. The van der Waals surface area contributed by atoms with E-state index in [9.17, 15) is 9.59 Å². The number of amides is 1. The number of rotatable bonds is 6. The van der Waals surface area contributed by atoms with Gasteiger partial charge in [0.15, 0.2) is 5.69 Å². The molecule has 3 heterocycles. The van der Waals surface area contributed by atoms with Crippen molar-refractivity contribution in [3.8, 4) is 0 Å². The quantitative estimate of drug-likeness (QED) is 0.808. The summed E-state index contributed by atoms with van der Waals surface area (Å²) in [7, 11) is 0. The largest absolute Gasteiger partial charge is 0.360 e. The van der Waals surface area contributed by atoms with Crippen molar-refractivity contribution in [2.75, 3.05) is 19.6 Å². The van der Waals surface area contributed by atoms with E-state index in [4.69, 9.17) is 4.52 Å². The van der Waals surface area contributed by atoms with Crippen LogP contribution in [0, 0.1) is 0 Å². The van der Waals surface area contributed by atoms with Crippen molar-refractivity contribution in [1.82, 2.24) is 25.2 Å². The SMILES string of the molecule is O=C(NCC1CCCCN1CCn1ncccc1=O)c1noc2c1CCCC2. The average Bonchev–Trinajstić information content (AvgIpc) is 3.16. The molecule has 4 rings (SSSR count). The minimum absolute atomic E-state index is 0.0832. The standard InChI is InChI=1S/C20H27N5O3/c26-18-9-5-10-22-25(18)13-12-24-11-4-3-6-15(24)14-21-20(27)19-16-7-1-2-8-17(16)28-23-19/h5,9-10,15H,1-4,6-8,11-14H2,(H,21,27). The Morgan fingerprint density at radius 1 is 1.21 bits per heavy atom. The van der Waals surface area contributed by atoms with Crippen LogP contribution in [0.3, 0.4) is 0 Å². The Morgan fingerprint density at radius 2 is 2.11 bits per heavy atom. The highest BCUT2D eigenvalue weighted by Gasteiger charge is 2.26. The van der Waals surface area contributed by atoms with Crippen LogP contribution in [-0.4, -0.2) is 51.4 Å². The van der Waals surface area contributed by atoms with E-state index in [1.54, 1.807) is 12.3 Å². The van der Waals surface area contributed by atoms with Crippen molar-refractivity contribution < 1.29 is 9.32 Å². The third-order valence-electron chi connectivity index (χ3n) is 5.80. The maximum absolute atomic E-state index is 12.6. The highest BCUT2D eigenvalue weighted by molar-refractivity contribution is 5.93. The van der Waals surface area contributed by atoms with Crippen LogP contribution in [0.25, 0.3) is 0 Å². The van der Waals surface area contributed by atoms with Gasteiger partial charge in [-0.05, 0) is 44.7 Å². The summed E-state index contributed by atoms with van der Waals surface area (Å²) in [5.74, 6) is 0.731. The summed E-state index contributed by atoms with van der Waals surface area (Å²) in [5.41, 5.74) is 1.36. The van der Waals surface area contributed by atoms with Crippen molar-refractivity contribution in [3.63, 3.8) is 0 Å². The average molecular weight is 385 g/mol. The zero-order chi connectivity index (χ0) is 19.3. The summed E-state index contributed by atoms with van der Waals surface area (Å²) in [6, 6.07) is 3.44. The molecule has 1 unspecified atom stereocenters. The third-order valence-corrected chi connectivity index (χ3v) is 5.80. The van der Waals surface area contributed by atoms with Crippen molar-refractivity contribution in [1.29, 1.82) is 0 Å². The van der Waals surface area contributed by atoms with Crippen LogP contribution in [0.1, 0.15) is 53.9 Å². The molecule has 1 atom stereocenters. The molecular formula is C20H27N5O3. The Kier molecular flexibility index (Phi) is 5.85. The molecule has 1 fully saturated rings. The second kappa shape index (κ2) is 8.68. The van der Waals surface area contributed by atoms with Gasteiger partial charge in [-0.3, -0.25) is 14.5 Å². The van der Waals surface area contributed by atoms with Crippen LogP contribution in [-0.2, 0) is 19.4 Å². The monoisotopic (exact) mass is 385 g/mol. The van der Waals surface area contributed by atoms with Gasteiger partial charge in [0.05, 0.1) is 6.54 Å². The predicted molar refractivity (Wildman–Crippen MR) is 103 cm³/mol. The molecule has 0 radical (unpaired) electrons. The van der Waals surface area contributed by atoms with Gasteiger partial charge in [0, 0.05) is 43.4 Å². The van der Waals surface area contributed by atoms with Crippen LogP contribution >= 0.6 is 0 Å². The van der Waals surface area contributed by atoms with Crippen molar-refractivity contribution in [2.45, 2.75) is 57.5 Å². The van der Waals surface area contributed by atoms with Gasteiger partial charge in [-0.1, -0.05) is 11.6 Å². The summed E-state index contributed by atoms with van der Waals surface area (Å²) >= 11 is 0. The van der Waals surface area contributed by atoms with Crippen molar-refractivity contribution >= 4 is 5.91 Å². The van der Waals surface area contributed by atoms with Gasteiger partial charge in [0.1, 0.15) is 5.76 Å². The first-order chi connectivity index (χ1) is 13.7. The number of aryl methyl sites for hydroxylation is 1. The highest BCUT2D eigenvalue weighted by Crippen LogP contribution is 2.24. The predicted octanol–water partition coefficient (Wildman–Crippen LogP) is 1.39. The molecule has 0 aromatic carbocycles. The van der Waals surface area contributed by atoms with Gasteiger partial charge >= 0.3 is 0 Å². The number of piperidine rings is 1. The first kappa shape index (κ1) is 18.9. The Morgan fingerprint density at radius 3 is 3.00 bits per heavy atom. The van der Waals surface area contributed by atoms with E-state index >= 15 is 0 Å². The Hall–Kier alpha value is -2.48. The van der Waals surface area contributed by atoms with Crippen LogP contribution < -0.4 is 10.9 Å². The minimum Gasteiger partial charge on any atom is -0.360 e. The summed E-state index contributed by atoms with van der Waals surface area (Å²) in [5, 5.41) is 11.2. The lowest BCUT2D eigenvalue weighted by molar-refractivity contribution is 0.0899. The summed E-state index contributed by atoms with van der Waals surface area (Å²) in [6.07, 6.45) is 8.88. The van der Waals surface area contributed by atoms with Gasteiger partial charge in [-0.25, -0.2) is 4.68 Å². The number of aromatic nitrogens is 3. The molecule has 0 spiro atoms. The van der Waals surface area contributed by atoms with Crippen molar-refractivity contribution in [2.24, 2.45) is 0 Å². The van der Waals surface area contributed by atoms with Gasteiger partial charge in [-0.15, -0.1) is 0 Å². The summed E-state index contributed by atoms with van der Waals surface area (Å²) < 4.78 is 6.85. The lowest BCUT2D eigenvalue weighted by Crippen LogP contribution is -2.48. The Balaban J connectivity index is 1.34. The molecule has 150 valence electrons. The fraction of sp³-hybridized carbons (Fsp3) is 0.600.